The van der Waals surface area contributed by atoms with Gasteiger partial charge in [0.1, 0.15) is 0 Å². The molecule has 2 rings (SSSR count). The third-order valence-electron chi connectivity index (χ3n) is 3.15. The molecule has 0 saturated carbocycles. The first kappa shape index (κ1) is 15.9. The number of hydrogen-bond acceptors (Lipinski definition) is 5. The minimum atomic E-state index is -0.350. The van der Waals surface area contributed by atoms with Gasteiger partial charge in [0.25, 0.3) is 11.6 Å². The van der Waals surface area contributed by atoms with E-state index in [1.807, 2.05) is 20.8 Å². The van der Waals surface area contributed by atoms with Gasteiger partial charge in [0.2, 0.25) is 5.91 Å². The SMILES string of the molecule is CCCNC(=O)CNC(=O)c1cnc2onc(C(C)C)c2c1. The van der Waals surface area contributed by atoms with Gasteiger partial charge in [-0.2, -0.15) is 0 Å². The fourth-order valence-corrected chi connectivity index (χ4v) is 1.98. The molecule has 0 aromatic carbocycles. The van der Waals surface area contributed by atoms with E-state index in [2.05, 4.69) is 20.8 Å². The first-order chi connectivity index (χ1) is 10.5. The molecule has 0 atom stereocenters. The molecule has 118 valence electrons. The van der Waals surface area contributed by atoms with Crippen LogP contribution in [0.15, 0.2) is 16.8 Å². The Morgan fingerprint density at radius 2 is 2.09 bits per heavy atom. The average molecular weight is 304 g/mol. The summed E-state index contributed by atoms with van der Waals surface area (Å²) in [5.41, 5.74) is 1.54. The van der Waals surface area contributed by atoms with Gasteiger partial charge in [-0.05, 0) is 18.4 Å². The number of carbonyl (C=O) groups excluding carboxylic acids is 2. The summed E-state index contributed by atoms with van der Waals surface area (Å²) in [5, 5.41) is 9.96. The van der Waals surface area contributed by atoms with Gasteiger partial charge in [0.15, 0.2) is 0 Å². The van der Waals surface area contributed by atoms with Crippen LogP contribution in [0.4, 0.5) is 0 Å². The first-order valence-electron chi connectivity index (χ1n) is 7.33. The molecule has 0 saturated heterocycles. The second-order valence-electron chi connectivity index (χ2n) is 5.33. The summed E-state index contributed by atoms with van der Waals surface area (Å²) in [6.07, 6.45) is 2.27. The van der Waals surface area contributed by atoms with Crippen molar-refractivity contribution in [3.05, 3.63) is 23.5 Å². The van der Waals surface area contributed by atoms with Crippen LogP contribution in [0.25, 0.3) is 11.1 Å². The van der Waals surface area contributed by atoms with Gasteiger partial charge in [-0.15, -0.1) is 0 Å². The Bertz CT molecular complexity index is 678. The van der Waals surface area contributed by atoms with E-state index in [-0.39, 0.29) is 24.3 Å². The summed E-state index contributed by atoms with van der Waals surface area (Å²) in [6, 6.07) is 1.69. The average Bonchev–Trinajstić information content (AvgIpc) is 2.93. The van der Waals surface area contributed by atoms with Crippen molar-refractivity contribution in [1.29, 1.82) is 0 Å². The summed E-state index contributed by atoms with van der Waals surface area (Å²) in [7, 11) is 0. The van der Waals surface area contributed by atoms with Gasteiger partial charge in [0, 0.05) is 12.7 Å². The predicted octanol–water partition coefficient (Wildman–Crippen LogP) is 1.60. The molecule has 2 aromatic heterocycles. The van der Waals surface area contributed by atoms with Gasteiger partial charge < -0.3 is 15.2 Å². The normalized spacial score (nSPS) is 10.9. The number of aromatic nitrogens is 2. The molecule has 2 aromatic rings. The summed E-state index contributed by atoms with van der Waals surface area (Å²) in [5.74, 6) is -0.393. The highest BCUT2D eigenvalue weighted by Gasteiger charge is 2.16. The molecule has 7 nitrogen and oxygen atoms in total. The molecule has 0 radical (unpaired) electrons. The van der Waals surface area contributed by atoms with Crippen LogP contribution in [-0.4, -0.2) is 35.0 Å². The lowest BCUT2D eigenvalue weighted by molar-refractivity contribution is -0.120. The Morgan fingerprint density at radius 3 is 2.77 bits per heavy atom. The summed E-state index contributed by atoms with van der Waals surface area (Å²) < 4.78 is 5.13. The highest BCUT2D eigenvalue weighted by atomic mass is 16.5. The molecule has 2 amide bonds. The van der Waals surface area contributed by atoms with Crippen LogP contribution in [0.5, 0.6) is 0 Å². The topological polar surface area (TPSA) is 97.1 Å². The minimum Gasteiger partial charge on any atom is -0.355 e. The second-order valence-corrected chi connectivity index (χ2v) is 5.33. The third kappa shape index (κ3) is 3.60. The maximum absolute atomic E-state index is 12.1. The molecule has 22 heavy (non-hydrogen) atoms. The van der Waals surface area contributed by atoms with Crippen LogP contribution in [0.1, 0.15) is 49.2 Å². The van der Waals surface area contributed by atoms with Crippen LogP contribution in [0.3, 0.4) is 0 Å². The molecule has 0 aliphatic carbocycles. The van der Waals surface area contributed by atoms with Crippen LogP contribution in [-0.2, 0) is 4.79 Å². The standard InChI is InChI=1S/C15H20N4O3/c1-4-5-16-12(20)8-17-14(21)10-6-11-13(9(2)3)19-22-15(11)18-7-10/h6-7,9H,4-5,8H2,1-3H3,(H,16,20)(H,17,21). The molecular formula is C15H20N4O3. The molecule has 7 heteroatoms. The van der Waals surface area contributed by atoms with Crippen LogP contribution >= 0.6 is 0 Å². The molecule has 0 bridgehead atoms. The van der Waals surface area contributed by atoms with Crippen molar-refractivity contribution in [2.24, 2.45) is 0 Å². The van der Waals surface area contributed by atoms with Crippen molar-refractivity contribution in [3.63, 3.8) is 0 Å². The number of fused-ring (bicyclic) bond motifs is 1. The second kappa shape index (κ2) is 7.02. The lowest BCUT2D eigenvalue weighted by Crippen LogP contribution is -2.37. The Balaban J connectivity index is 2.08. The summed E-state index contributed by atoms with van der Waals surface area (Å²) in [4.78, 5) is 27.7. The molecule has 2 heterocycles. The quantitative estimate of drug-likeness (QED) is 0.845. The van der Waals surface area contributed by atoms with E-state index in [9.17, 15) is 9.59 Å². The Labute approximate surface area is 128 Å². The van der Waals surface area contributed by atoms with Crippen LogP contribution in [0.2, 0.25) is 0 Å². The van der Waals surface area contributed by atoms with Gasteiger partial charge in [-0.25, -0.2) is 4.98 Å². The van der Waals surface area contributed by atoms with Crippen LogP contribution < -0.4 is 10.6 Å². The van der Waals surface area contributed by atoms with E-state index in [0.717, 1.165) is 17.5 Å². The Morgan fingerprint density at radius 1 is 1.32 bits per heavy atom. The predicted molar refractivity (Wildman–Crippen MR) is 81.5 cm³/mol. The highest BCUT2D eigenvalue weighted by molar-refractivity contribution is 5.98. The highest BCUT2D eigenvalue weighted by Crippen LogP contribution is 2.23. The van der Waals surface area contributed by atoms with Gasteiger partial charge in [-0.3, -0.25) is 9.59 Å². The van der Waals surface area contributed by atoms with Crippen molar-refractivity contribution in [2.45, 2.75) is 33.1 Å². The number of rotatable bonds is 6. The fourth-order valence-electron chi connectivity index (χ4n) is 1.98. The number of amides is 2. The monoisotopic (exact) mass is 304 g/mol. The van der Waals surface area contributed by atoms with Crippen molar-refractivity contribution >= 4 is 22.9 Å². The zero-order valence-electron chi connectivity index (χ0n) is 13.0. The van der Waals surface area contributed by atoms with E-state index in [4.69, 9.17) is 4.52 Å². The first-order valence-corrected chi connectivity index (χ1v) is 7.33. The lowest BCUT2D eigenvalue weighted by Gasteiger charge is -2.06. The number of pyridine rings is 1. The van der Waals surface area contributed by atoms with E-state index in [0.29, 0.717) is 17.8 Å². The van der Waals surface area contributed by atoms with Crippen molar-refractivity contribution in [3.8, 4) is 0 Å². The van der Waals surface area contributed by atoms with Gasteiger partial charge in [-0.1, -0.05) is 25.9 Å². The maximum atomic E-state index is 12.1. The van der Waals surface area contributed by atoms with Gasteiger partial charge >= 0.3 is 0 Å². The molecule has 2 N–H and O–H groups in total. The minimum absolute atomic E-state index is 0.0580. The molecular weight excluding hydrogens is 284 g/mol. The smallest absolute Gasteiger partial charge is 0.257 e. The third-order valence-corrected chi connectivity index (χ3v) is 3.15. The molecule has 0 aliphatic heterocycles. The summed E-state index contributed by atoms with van der Waals surface area (Å²) in [6.45, 7) is 6.48. The van der Waals surface area contributed by atoms with E-state index < -0.39 is 0 Å². The molecule has 0 unspecified atom stereocenters. The van der Waals surface area contributed by atoms with E-state index >= 15 is 0 Å². The zero-order chi connectivity index (χ0) is 16.1. The zero-order valence-corrected chi connectivity index (χ0v) is 13.0. The number of nitrogens with one attached hydrogen (secondary N) is 2. The van der Waals surface area contributed by atoms with Gasteiger partial charge in [0.05, 0.1) is 23.2 Å². The Kier molecular flexibility index (Phi) is 5.08. The van der Waals surface area contributed by atoms with Crippen molar-refractivity contribution in [1.82, 2.24) is 20.8 Å². The van der Waals surface area contributed by atoms with E-state index in [1.165, 1.54) is 6.20 Å². The molecule has 0 fully saturated rings. The van der Waals surface area contributed by atoms with E-state index in [1.54, 1.807) is 6.07 Å². The number of hydrogen-bond donors (Lipinski definition) is 2. The largest absolute Gasteiger partial charge is 0.355 e. The molecule has 0 aliphatic rings. The fraction of sp³-hybridized carbons (Fsp3) is 0.467. The van der Waals surface area contributed by atoms with Crippen LogP contribution in [0, 0.1) is 0 Å². The maximum Gasteiger partial charge on any atom is 0.257 e. The van der Waals surface area contributed by atoms with Crippen molar-refractivity contribution in [2.75, 3.05) is 13.1 Å². The number of carbonyl (C=O) groups is 2. The lowest BCUT2D eigenvalue weighted by atomic mass is 10.1. The Hall–Kier alpha value is -2.44. The molecule has 0 spiro atoms. The number of nitrogens with zero attached hydrogens (tertiary/aromatic N) is 2. The summed E-state index contributed by atoms with van der Waals surface area (Å²) >= 11 is 0. The van der Waals surface area contributed by atoms with Crippen molar-refractivity contribution < 1.29 is 14.1 Å².